The van der Waals surface area contributed by atoms with Gasteiger partial charge in [0.05, 0.1) is 34.8 Å². The van der Waals surface area contributed by atoms with Crippen LogP contribution in [0.1, 0.15) is 48.8 Å². The summed E-state index contributed by atoms with van der Waals surface area (Å²) in [5, 5.41) is 9.22. The number of aromatic nitrogens is 5. The Morgan fingerprint density at radius 2 is 1.83 bits per heavy atom. The lowest BCUT2D eigenvalue weighted by molar-refractivity contribution is 0.00695. The summed E-state index contributed by atoms with van der Waals surface area (Å²) in [4.78, 5) is 27.5. The Kier molecular flexibility index (Phi) is 7.22. The largest absolute Gasteiger partial charge is 0.497 e. The van der Waals surface area contributed by atoms with Gasteiger partial charge in [-0.2, -0.15) is 5.10 Å². The van der Waals surface area contributed by atoms with E-state index in [1.165, 1.54) is 22.7 Å². The van der Waals surface area contributed by atoms with E-state index in [1.807, 2.05) is 61.1 Å². The fourth-order valence-corrected chi connectivity index (χ4v) is 6.64. The van der Waals surface area contributed by atoms with Crippen LogP contribution in [0, 0.1) is 0 Å². The highest BCUT2D eigenvalue weighted by Gasteiger charge is 2.19. The van der Waals surface area contributed by atoms with Gasteiger partial charge in [-0.25, -0.2) is 24.3 Å². The molecular formula is C29H27N5O4S3. The minimum atomic E-state index is -0.540. The zero-order valence-electron chi connectivity index (χ0n) is 23.1. The fraction of sp³-hybridized carbons (Fsp3) is 0.276. The van der Waals surface area contributed by atoms with Crippen LogP contribution in [-0.2, 0) is 17.8 Å². The number of aryl methyl sites for hydroxylation is 1. The molecule has 0 radical (unpaired) electrons. The maximum Gasteiger partial charge on any atom is 0.338 e. The minimum Gasteiger partial charge on any atom is -0.497 e. The van der Waals surface area contributed by atoms with Crippen LogP contribution in [0.5, 0.6) is 11.5 Å². The van der Waals surface area contributed by atoms with Gasteiger partial charge in [0.1, 0.15) is 44.4 Å². The highest BCUT2D eigenvalue weighted by atomic mass is 32.1. The van der Waals surface area contributed by atoms with Crippen molar-refractivity contribution in [3.63, 3.8) is 0 Å². The molecule has 9 nitrogen and oxygen atoms in total. The van der Waals surface area contributed by atoms with Crippen molar-refractivity contribution in [2.75, 3.05) is 7.11 Å². The van der Waals surface area contributed by atoms with Gasteiger partial charge >= 0.3 is 5.97 Å². The summed E-state index contributed by atoms with van der Waals surface area (Å²) >= 11 is 4.63. The van der Waals surface area contributed by atoms with Gasteiger partial charge in [0.15, 0.2) is 0 Å². The predicted molar refractivity (Wildman–Crippen MR) is 162 cm³/mol. The fourth-order valence-electron chi connectivity index (χ4n) is 4.04. The van der Waals surface area contributed by atoms with Crippen LogP contribution in [0.3, 0.4) is 0 Å². The smallest absolute Gasteiger partial charge is 0.338 e. The van der Waals surface area contributed by atoms with Crippen LogP contribution in [0.25, 0.3) is 36.5 Å². The van der Waals surface area contributed by atoms with Gasteiger partial charge in [0, 0.05) is 23.1 Å². The summed E-state index contributed by atoms with van der Waals surface area (Å²) in [6.45, 7) is 7.92. The molecule has 0 aliphatic heterocycles. The molecule has 4 heterocycles. The van der Waals surface area contributed by atoms with E-state index in [9.17, 15) is 4.79 Å². The summed E-state index contributed by atoms with van der Waals surface area (Å²) in [5.74, 6) is 0.989. The number of thiazole rings is 2. The summed E-state index contributed by atoms with van der Waals surface area (Å²) in [6.07, 6.45) is 2.79. The quantitative estimate of drug-likeness (QED) is 0.167. The molecule has 0 saturated heterocycles. The number of esters is 1. The topological polar surface area (TPSA) is 101 Å². The van der Waals surface area contributed by atoms with Crippen molar-refractivity contribution in [3.05, 3.63) is 64.2 Å². The van der Waals surface area contributed by atoms with Crippen molar-refractivity contribution < 1.29 is 19.0 Å². The van der Waals surface area contributed by atoms with Crippen LogP contribution in [0.4, 0.5) is 0 Å². The van der Waals surface area contributed by atoms with Gasteiger partial charge in [-0.05, 0) is 39.3 Å². The number of ether oxygens (including phenoxy) is 3. The Bertz CT molecular complexity index is 1830. The second-order valence-corrected chi connectivity index (χ2v) is 13.1. The highest BCUT2D eigenvalue weighted by molar-refractivity contribution is 7.22. The maximum absolute atomic E-state index is 12.3. The summed E-state index contributed by atoms with van der Waals surface area (Å²) in [6, 6.07) is 11.1. The molecule has 0 spiro atoms. The number of carbonyl (C=O) groups is 1. The van der Waals surface area contributed by atoms with Crippen LogP contribution in [0.2, 0.25) is 0 Å². The van der Waals surface area contributed by atoms with Crippen molar-refractivity contribution in [2.24, 2.45) is 0 Å². The number of methoxy groups -OCH3 is 1. The second kappa shape index (κ2) is 10.8. The van der Waals surface area contributed by atoms with Gasteiger partial charge in [-0.1, -0.05) is 30.4 Å². The van der Waals surface area contributed by atoms with Crippen molar-refractivity contribution in [2.45, 2.75) is 46.3 Å². The third-order valence-corrected chi connectivity index (χ3v) is 9.08. The molecular weight excluding hydrogens is 579 g/mol. The molecule has 0 saturated carbocycles. The first-order valence-corrected chi connectivity index (χ1v) is 15.5. The van der Waals surface area contributed by atoms with E-state index in [-0.39, 0.29) is 12.6 Å². The Labute approximate surface area is 248 Å². The van der Waals surface area contributed by atoms with E-state index >= 15 is 0 Å². The van der Waals surface area contributed by atoms with Crippen LogP contribution in [0.15, 0.2) is 48.0 Å². The Hall–Kier alpha value is -3.87. The molecule has 210 valence electrons. The third kappa shape index (κ3) is 5.81. The zero-order chi connectivity index (χ0) is 28.7. The molecule has 0 amide bonds. The van der Waals surface area contributed by atoms with E-state index in [2.05, 4.69) is 12.0 Å². The zero-order valence-corrected chi connectivity index (χ0v) is 25.6. The van der Waals surface area contributed by atoms with Crippen molar-refractivity contribution in [1.82, 2.24) is 24.6 Å². The number of hydrogen-bond acceptors (Lipinski definition) is 11. The number of benzene rings is 2. The first-order chi connectivity index (χ1) is 19.7. The average molecular weight is 606 g/mol. The number of nitrogens with zero attached hydrogens (tertiary/aromatic N) is 5. The molecule has 0 unspecified atom stereocenters. The van der Waals surface area contributed by atoms with E-state index in [0.29, 0.717) is 17.1 Å². The molecule has 0 aliphatic carbocycles. The normalized spacial score (nSPS) is 11.8. The summed E-state index contributed by atoms with van der Waals surface area (Å²) in [7, 11) is 1.62. The number of imidazole rings is 1. The SMILES string of the molecule is CCc1nn2cc(-c3nc4cc(OC)cc(OCc5csc(-c6ccc(C(=O)OC(C)(C)C)cc6)n5)c4s3)nc2s1. The van der Waals surface area contributed by atoms with Crippen molar-refractivity contribution in [3.8, 4) is 32.8 Å². The molecule has 6 aromatic rings. The minimum absolute atomic E-state index is 0.284. The van der Waals surface area contributed by atoms with Crippen LogP contribution < -0.4 is 9.47 Å². The molecule has 6 rings (SSSR count). The van der Waals surface area contributed by atoms with E-state index in [0.717, 1.165) is 53.6 Å². The number of hydrogen-bond donors (Lipinski definition) is 0. The van der Waals surface area contributed by atoms with Crippen molar-refractivity contribution in [1.29, 1.82) is 0 Å². The van der Waals surface area contributed by atoms with Gasteiger partial charge < -0.3 is 14.2 Å². The lowest BCUT2D eigenvalue weighted by atomic mass is 10.1. The summed E-state index contributed by atoms with van der Waals surface area (Å²) < 4.78 is 19.9. The number of rotatable bonds is 8. The Balaban J connectivity index is 1.20. The standard InChI is InChI=1S/C29H27N5O4S3/c1-6-23-33-34-13-21(32-28(34)40-23)26-31-20-11-19(36-5)12-22(24(20)41-26)37-14-18-15-39-25(30-18)16-7-9-17(10-8-16)27(35)38-29(2,3)4/h7-13,15H,6,14H2,1-5H3. The molecule has 4 aromatic heterocycles. The van der Waals surface area contributed by atoms with Gasteiger partial charge in [-0.3, -0.25) is 0 Å². The average Bonchev–Trinajstić information content (AvgIpc) is 3.73. The lowest BCUT2D eigenvalue weighted by Gasteiger charge is -2.19. The number of carbonyl (C=O) groups excluding carboxylic acids is 1. The molecule has 2 aromatic carbocycles. The predicted octanol–water partition coefficient (Wildman–Crippen LogP) is 7.30. The van der Waals surface area contributed by atoms with E-state index in [4.69, 9.17) is 29.2 Å². The second-order valence-electron chi connectivity index (χ2n) is 10.2. The lowest BCUT2D eigenvalue weighted by Crippen LogP contribution is -2.23. The van der Waals surface area contributed by atoms with Crippen LogP contribution in [-0.4, -0.2) is 43.2 Å². The highest BCUT2D eigenvalue weighted by Crippen LogP contribution is 2.39. The van der Waals surface area contributed by atoms with Gasteiger partial charge in [0.2, 0.25) is 4.96 Å². The van der Waals surface area contributed by atoms with Crippen LogP contribution >= 0.6 is 34.0 Å². The molecule has 0 aliphatic rings. The molecule has 41 heavy (non-hydrogen) atoms. The Morgan fingerprint density at radius 1 is 1.02 bits per heavy atom. The molecule has 0 fully saturated rings. The van der Waals surface area contributed by atoms with Crippen molar-refractivity contribution >= 4 is 55.2 Å². The first-order valence-electron chi connectivity index (χ1n) is 12.9. The summed E-state index contributed by atoms with van der Waals surface area (Å²) in [5.41, 5.74) is 3.24. The van der Waals surface area contributed by atoms with Gasteiger partial charge in [0.25, 0.3) is 0 Å². The van der Waals surface area contributed by atoms with E-state index in [1.54, 1.807) is 30.6 Å². The maximum atomic E-state index is 12.3. The van der Waals surface area contributed by atoms with E-state index < -0.39 is 5.60 Å². The molecule has 0 N–H and O–H groups in total. The first kappa shape index (κ1) is 27.3. The Morgan fingerprint density at radius 3 is 2.54 bits per heavy atom. The number of fused-ring (bicyclic) bond motifs is 2. The monoisotopic (exact) mass is 605 g/mol. The molecule has 12 heteroatoms. The van der Waals surface area contributed by atoms with Gasteiger partial charge in [-0.15, -0.1) is 22.7 Å². The third-order valence-electron chi connectivity index (χ3n) is 5.97. The molecule has 0 atom stereocenters. The molecule has 0 bridgehead atoms.